The summed E-state index contributed by atoms with van der Waals surface area (Å²) in [6.07, 6.45) is 7.50. The highest BCUT2D eigenvalue weighted by Gasteiger charge is 1.95. The normalized spacial score (nSPS) is 13.1. The van der Waals surface area contributed by atoms with Crippen LogP contribution in [0.2, 0.25) is 0 Å². The largest absolute Gasteiger partial charge is 0.377 e. The molecule has 1 aliphatic rings. The summed E-state index contributed by atoms with van der Waals surface area (Å²) in [5.41, 5.74) is 9.24. The zero-order chi connectivity index (χ0) is 7.11. The first-order chi connectivity index (χ1) is 4.23. The van der Waals surface area contributed by atoms with E-state index in [1.54, 1.807) is 0 Å². The van der Waals surface area contributed by atoms with Crippen molar-refractivity contribution in [1.82, 2.24) is 0 Å². The molecule has 1 saturated carbocycles. The molecule has 1 rings (SSSR count). The molecular weight excluding hydrogens is 292 g/mol. The van der Waals surface area contributed by atoms with Crippen LogP contribution in [0.25, 0.3) is 0 Å². The van der Waals surface area contributed by atoms with Crippen LogP contribution in [-0.4, -0.2) is 5.11 Å². The van der Waals surface area contributed by atoms with E-state index < -0.39 is 0 Å². The molecule has 0 saturated heterocycles. The molecule has 0 bridgehead atoms. The van der Waals surface area contributed by atoms with E-state index in [2.05, 4.69) is 23.7 Å². The van der Waals surface area contributed by atoms with Gasteiger partial charge in [0.2, 0.25) is 0 Å². The number of thiocarbonyl (C=S) groups is 1. The van der Waals surface area contributed by atoms with Crippen molar-refractivity contribution in [3.05, 3.63) is 0 Å². The summed E-state index contributed by atoms with van der Waals surface area (Å²) in [5.74, 6) is 0. The maximum absolute atomic E-state index is 4.62. The molecule has 2 nitrogen and oxygen atoms in total. The highest BCUT2D eigenvalue weighted by atomic mass is 79.9. The second kappa shape index (κ2) is 13.3. The lowest BCUT2D eigenvalue weighted by Gasteiger charge is -1.68. The standard InChI is InChI=1S/C5H10.CH4N2S.2BrH/c1-2-4-5-3-1;2-1(3)4;;/h1-5H2;(H4,2,3,4);2*1H. The Morgan fingerprint density at radius 2 is 0.909 bits per heavy atom. The zero-order valence-electron chi connectivity index (χ0n) is 6.41. The van der Waals surface area contributed by atoms with Gasteiger partial charge in [0.15, 0.2) is 5.11 Å². The Morgan fingerprint density at radius 1 is 0.818 bits per heavy atom. The zero-order valence-corrected chi connectivity index (χ0v) is 10.7. The van der Waals surface area contributed by atoms with Gasteiger partial charge in [0.1, 0.15) is 0 Å². The fourth-order valence-corrected chi connectivity index (χ4v) is 0.884. The van der Waals surface area contributed by atoms with Crippen molar-refractivity contribution in [2.24, 2.45) is 11.5 Å². The van der Waals surface area contributed by atoms with E-state index >= 15 is 0 Å². The third kappa shape index (κ3) is 25.0. The first-order valence-electron chi connectivity index (χ1n) is 3.28. The van der Waals surface area contributed by atoms with Gasteiger partial charge < -0.3 is 11.5 Å². The molecule has 1 aliphatic carbocycles. The van der Waals surface area contributed by atoms with Crippen molar-refractivity contribution in [2.45, 2.75) is 32.1 Å². The summed E-state index contributed by atoms with van der Waals surface area (Å²) in [6, 6.07) is 0. The molecule has 0 spiro atoms. The molecule has 0 radical (unpaired) electrons. The fraction of sp³-hybridized carbons (Fsp3) is 0.833. The molecule has 0 heterocycles. The van der Waals surface area contributed by atoms with Gasteiger partial charge in [-0.15, -0.1) is 34.0 Å². The van der Waals surface area contributed by atoms with Crippen LogP contribution in [0.3, 0.4) is 0 Å². The van der Waals surface area contributed by atoms with Crippen molar-refractivity contribution in [1.29, 1.82) is 0 Å². The summed E-state index contributed by atoms with van der Waals surface area (Å²) in [7, 11) is 0. The summed E-state index contributed by atoms with van der Waals surface area (Å²) in [5, 5.41) is 0.000000000000000222. The molecule has 5 heteroatoms. The Bertz CT molecular complexity index is 75.0. The number of hydrogen-bond acceptors (Lipinski definition) is 1. The first kappa shape index (κ1) is 17.7. The quantitative estimate of drug-likeness (QED) is 0.675. The van der Waals surface area contributed by atoms with Crippen LogP contribution >= 0.6 is 46.2 Å². The minimum Gasteiger partial charge on any atom is -0.377 e. The average Bonchev–Trinajstić information content (AvgIpc) is 2.11. The molecule has 1 fully saturated rings. The minimum absolute atomic E-state index is 0. The molecule has 0 aromatic carbocycles. The van der Waals surface area contributed by atoms with Gasteiger partial charge in [-0.05, 0) is 12.2 Å². The Kier molecular flexibility index (Phi) is 21.3. The Balaban J connectivity index is -0.000000101. The van der Waals surface area contributed by atoms with E-state index in [0.29, 0.717) is 0 Å². The highest BCUT2D eigenvalue weighted by Crippen LogP contribution is 2.15. The SMILES string of the molecule is Br.Br.C1CCCC1.NC(N)=S. The maximum Gasteiger partial charge on any atom is 0.160 e. The molecule has 11 heavy (non-hydrogen) atoms. The molecule has 0 amide bonds. The summed E-state index contributed by atoms with van der Waals surface area (Å²) in [4.78, 5) is 0. The lowest BCUT2D eigenvalue weighted by molar-refractivity contribution is 0.886. The van der Waals surface area contributed by atoms with Gasteiger partial charge in [-0.3, -0.25) is 0 Å². The van der Waals surface area contributed by atoms with E-state index in [4.69, 9.17) is 0 Å². The molecule has 0 aromatic rings. The van der Waals surface area contributed by atoms with Gasteiger partial charge in [-0.1, -0.05) is 32.1 Å². The van der Waals surface area contributed by atoms with Crippen molar-refractivity contribution >= 4 is 51.3 Å². The van der Waals surface area contributed by atoms with Gasteiger partial charge in [0.05, 0.1) is 0 Å². The maximum atomic E-state index is 4.62. The van der Waals surface area contributed by atoms with Crippen LogP contribution in [0, 0.1) is 0 Å². The van der Waals surface area contributed by atoms with Crippen LogP contribution in [0.5, 0.6) is 0 Å². The van der Waals surface area contributed by atoms with E-state index in [1.807, 2.05) is 0 Å². The third-order valence-electron chi connectivity index (χ3n) is 1.25. The van der Waals surface area contributed by atoms with Gasteiger partial charge in [0, 0.05) is 0 Å². The van der Waals surface area contributed by atoms with Gasteiger partial charge >= 0.3 is 0 Å². The topological polar surface area (TPSA) is 52.0 Å². The lowest BCUT2D eigenvalue weighted by atomic mass is 10.4. The number of halogens is 2. The summed E-state index contributed by atoms with van der Waals surface area (Å²) >= 11 is 4.09. The Labute approximate surface area is 94.6 Å². The molecule has 0 atom stereocenters. The van der Waals surface area contributed by atoms with E-state index in [1.165, 1.54) is 32.1 Å². The van der Waals surface area contributed by atoms with Crippen LogP contribution in [0.1, 0.15) is 32.1 Å². The predicted octanol–water partition coefficient (Wildman–Crippen LogP) is 2.29. The molecule has 0 aliphatic heterocycles. The fourth-order valence-electron chi connectivity index (χ4n) is 0.884. The number of nitrogens with two attached hydrogens (primary N) is 2. The second-order valence-electron chi connectivity index (χ2n) is 2.17. The summed E-state index contributed by atoms with van der Waals surface area (Å²) < 4.78 is 0. The van der Waals surface area contributed by atoms with E-state index in [-0.39, 0.29) is 39.1 Å². The van der Waals surface area contributed by atoms with Gasteiger partial charge in [-0.25, -0.2) is 0 Å². The molecule has 4 N–H and O–H groups in total. The van der Waals surface area contributed by atoms with Crippen LogP contribution in [0.15, 0.2) is 0 Å². The Morgan fingerprint density at radius 3 is 1.00 bits per heavy atom. The van der Waals surface area contributed by atoms with Gasteiger partial charge in [0.25, 0.3) is 0 Å². The minimum atomic E-state index is 0. The van der Waals surface area contributed by atoms with Crippen LogP contribution < -0.4 is 11.5 Å². The summed E-state index contributed by atoms with van der Waals surface area (Å²) in [6.45, 7) is 0. The highest BCUT2D eigenvalue weighted by molar-refractivity contribution is 8.93. The molecule has 70 valence electrons. The van der Waals surface area contributed by atoms with Crippen molar-refractivity contribution < 1.29 is 0 Å². The smallest absolute Gasteiger partial charge is 0.160 e. The van der Waals surface area contributed by atoms with E-state index in [9.17, 15) is 0 Å². The van der Waals surface area contributed by atoms with Crippen molar-refractivity contribution in [3.8, 4) is 0 Å². The second-order valence-corrected chi connectivity index (χ2v) is 2.64. The van der Waals surface area contributed by atoms with Crippen molar-refractivity contribution in [3.63, 3.8) is 0 Å². The predicted molar refractivity (Wildman–Crippen MR) is 64.7 cm³/mol. The van der Waals surface area contributed by atoms with E-state index in [0.717, 1.165) is 0 Å². The first-order valence-corrected chi connectivity index (χ1v) is 3.69. The molecular formula is C6H16Br2N2S. The molecule has 0 unspecified atom stereocenters. The lowest BCUT2D eigenvalue weighted by Crippen LogP contribution is -2.18. The van der Waals surface area contributed by atoms with Crippen LogP contribution in [0.4, 0.5) is 0 Å². The van der Waals surface area contributed by atoms with Crippen molar-refractivity contribution in [2.75, 3.05) is 0 Å². The third-order valence-corrected chi connectivity index (χ3v) is 1.25. The monoisotopic (exact) mass is 306 g/mol. The molecule has 0 aromatic heterocycles. The Hall–Kier alpha value is 0.650. The average molecular weight is 308 g/mol. The number of rotatable bonds is 0. The van der Waals surface area contributed by atoms with Crippen LogP contribution in [-0.2, 0) is 0 Å². The number of hydrogen-bond donors (Lipinski definition) is 2. The van der Waals surface area contributed by atoms with Gasteiger partial charge in [-0.2, -0.15) is 0 Å².